The van der Waals surface area contributed by atoms with E-state index >= 15 is 0 Å². The molecule has 2 aromatic carbocycles. The summed E-state index contributed by atoms with van der Waals surface area (Å²) < 4.78 is 1.82. The number of hydrogen-bond acceptors (Lipinski definition) is 4. The van der Waals surface area contributed by atoms with E-state index in [1.807, 2.05) is 10.9 Å². The van der Waals surface area contributed by atoms with Gasteiger partial charge in [-0.2, -0.15) is 10.2 Å². The number of H-pyrrole nitrogens is 1. The molecule has 4 rings (SSSR count). The molecule has 136 valence electrons. The van der Waals surface area contributed by atoms with E-state index in [4.69, 9.17) is 0 Å². The normalized spacial score (nSPS) is 11.0. The van der Waals surface area contributed by atoms with Crippen LogP contribution in [0.3, 0.4) is 0 Å². The smallest absolute Gasteiger partial charge is 0.137 e. The number of aromatic amines is 1. The Morgan fingerprint density at radius 1 is 0.963 bits per heavy atom. The molecule has 0 radical (unpaired) electrons. The number of hydrogen-bond donors (Lipinski definition) is 2. The topological polar surface area (TPSA) is 71.4 Å². The second kappa shape index (κ2) is 7.97. The molecule has 6 nitrogen and oxygen atoms in total. The number of nitrogens with one attached hydrogen (secondary N) is 2. The third kappa shape index (κ3) is 4.30. The molecule has 0 aliphatic carbocycles. The maximum Gasteiger partial charge on any atom is 0.137 e. The predicted molar refractivity (Wildman–Crippen MR) is 105 cm³/mol. The quantitative estimate of drug-likeness (QED) is 0.532. The van der Waals surface area contributed by atoms with E-state index in [1.54, 1.807) is 12.7 Å². The van der Waals surface area contributed by atoms with Gasteiger partial charge in [0.1, 0.15) is 12.7 Å². The third-order valence-corrected chi connectivity index (χ3v) is 4.54. The van der Waals surface area contributed by atoms with Crippen molar-refractivity contribution in [1.29, 1.82) is 0 Å². The van der Waals surface area contributed by atoms with Crippen LogP contribution in [0.2, 0.25) is 0 Å². The van der Waals surface area contributed by atoms with Crippen LogP contribution in [0.15, 0.2) is 67.4 Å². The van der Waals surface area contributed by atoms with Crippen LogP contribution in [0.1, 0.15) is 22.3 Å². The van der Waals surface area contributed by atoms with Crippen molar-refractivity contribution in [2.75, 3.05) is 0 Å². The standard InChI is InChI=1S/C21H22N6/c1-16-2-8-19(9-3-16)21-20(12-24-26-21)11-22-10-17-4-6-18(7-5-17)13-27-15-23-14-25-27/h2-9,12,14-15,22H,10-11,13H2,1H3,(H,24,26). The summed E-state index contributed by atoms with van der Waals surface area (Å²) in [6, 6.07) is 17.1. The monoisotopic (exact) mass is 358 g/mol. The molecule has 6 heteroatoms. The van der Waals surface area contributed by atoms with Crippen LogP contribution in [0.4, 0.5) is 0 Å². The Morgan fingerprint density at radius 2 is 1.74 bits per heavy atom. The zero-order valence-electron chi connectivity index (χ0n) is 15.3. The van der Waals surface area contributed by atoms with Gasteiger partial charge < -0.3 is 5.32 Å². The fourth-order valence-corrected chi connectivity index (χ4v) is 3.02. The van der Waals surface area contributed by atoms with Gasteiger partial charge in [0.2, 0.25) is 0 Å². The summed E-state index contributed by atoms with van der Waals surface area (Å²) in [5.41, 5.74) is 7.11. The van der Waals surface area contributed by atoms with E-state index in [9.17, 15) is 0 Å². The van der Waals surface area contributed by atoms with Gasteiger partial charge in [-0.1, -0.05) is 54.1 Å². The molecule has 0 fully saturated rings. The van der Waals surface area contributed by atoms with Gasteiger partial charge in [-0.05, 0) is 23.6 Å². The summed E-state index contributed by atoms with van der Waals surface area (Å²) >= 11 is 0. The van der Waals surface area contributed by atoms with Crippen molar-refractivity contribution < 1.29 is 0 Å². The molecule has 0 unspecified atom stereocenters. The van der Waals surface area contributed by atoms with E-state index in [0.717, 1.165) is 30.9 Å². The highest BCUT2D eigenvalue weighted by molar-refractivity contribution is 5.62. The Hall–Kier alpha value is -3.25. The first-order valence-electron chi connectivity index (χ1n) is 8.98. The zero-order valence-corrected chi connectivity index (χ0v) is 15.3. The summed E-state index contributed by atoms with van der Waals surface area (Å²) in [5.74, 6) is 0. The zero-order chi connectivity index (χ0) is 18.5. The molecular formula is C21H22N6. The Kier molecular flexibility index (Phi) is 5.07. The van der Waals surface area contributed by atoms with Gasteiger partial charge in [-0.3, -0.25) is 5.10 Å². The average Bonchev–Trinajstić information content (AvgIpc) is 3.36. The van der Waals surface area contributed by atoms with Crippen molar-refractivity contribution >= 4 is 0 Å². The highest BCUT2D eigenvalue weighted by atomic mass is 15.3. The lowest BCUT2D eigenvalue weighted by Crippen LogP contribution is -2.13. The van der Waals surface area contributed by atoms with Crippen molar-refractivity contribution in [2.45, 2.75) is 26.6 Å². The molecule has 0 amide bonds. The molecule has 0 atom stereocenters. The molecule has 0 aliphatic rings. The van der Waals surface area contributed by atoms with Gasteiger partial charge in [-0.15, -0.1) is 0 Å². The van der Waals surface area contributed by atoms with E-state index in [1.165, 1.54) is 22.3 Å². The minimum atomic E-state index is 0.739. The van der Waals surface area contributed by atoms with Crippen LogP contribution in [0.25, 0.3) is 11.3 Å². The van der Waals surface area contributed by atoms with E-state index in [2.05, 4.69) is 81.1 Å². The van der Waals surface area contributed by atoms with Crippen LogP contribution in [0, 0.1) is 6.92 Å². The Bertz CT molecular complexity index is 968. The molecular weight excluding hydrogens is 336 g/mol. The Labute approximate surface area is 158 Å². The maximum atomic E-state index is 4.22. The minimum Gasteiger partial charge on any atom is -0.308 e. The van der Waals surface area contributed by atoms with Crippen molar-refractivity contribution in [3.63, 3.8) is 0 Å². The molecule has 2 heterocycles. The highest BCUT2D eigenvalue weighted by Crippen LogP contribution is 2.21. The number of benzene rings is 2. The van der Waals surface area contributed by atoms with Gasteiger partial charge in [0.15, 0.2) is 0 Å². The van der Waals surface area contributed by atoms with Crippen LogP contribution < -0.4 is 5.32 Å². The van der Waals surface area contributed by atoms with Crippen molar-refractivity contribution in [3.05, 3.63) is 89.6 Å². The van der Waals surface area contributed by atoms with Crippen molar-refractivity contribution in [3.8, 4) is 11.3 Å². The van der Waals surface area contributed by atoms with E-state index in [-0.39, 0.29) is 0 Å². The molecule has 0 saturated carbocycles. The summed E-state index contributed by atoms with van der Waals surface area (Å²) in [7, 11) is 0. The second-order valence-corrected chi connectivity index (χ2v) is 6.65. The van der Waals surface area contributed by atoms with Crippen LogP contribution in [-0.4, -0.2) is 25.0 Å². The van der Waals surface area contributed by atoms with Gasteiger partial charge in [0.05, 0.1) is 18.4 Å². The highest BCUT2D eigenvalue weighted by Gasteiger charge is 2.07. The molecule has 0 aliphatic heterocycles. The first kappa shape index (κ1) is 17.2. The number of nitrogens with zero attached hydrogens (tertiary/aromatic N) is 4. The van der Waals surface area contributed by atoms with Gasteiger partial charge in [0.25, 0.3) is 0 Å². The lowest BCUT2D eigenvalue weighted by molar-refractivity contribution is 0.680. The molecule has 0 spiro atoms. The Morgan fingerprint density at radius 3 is 2.48 bits per heavy atom. The molecule has 4 aromatic rings. The first-order valence-corrected chi connectivity index (χ1v) is 8.98. The van der Waals surface area contributed by atoms with E-state index in [0.29, 0.717) is 0 Å². The molecule has 2 N–H and O–H groups in total. The maximum absolute atomic E-state index is 4.22. The largest absolute Gasteiger partial charge is 0.308 e. The molecule has 0 bridgehead atoms. The number of aromatic nitrogens is 5. The number of aryl methyl sites for hydroxylation is 1. The summed E-state index contributed by atoms with van der Waals surface area (Å²) in [4.78, 5) is 3.97. The van der Waals surface area contributed by atoms with Crippen molar-refractivity contribution in [1.82, 2.24) is 30.3 Å². The third-order valence-electron chi connectivity index (χ3n) is 4.54. The van der Waals surface area contributed by atoms with Crippen LogP contribution in [-0.2, 0) is 19.6 Å². The lowest BCUT2D eigenvalue weighted by Gasteiger charge is -2.08. The summed E-state index contributed by atoms with van der Waals surface area (Å²) in [6.45, 7) is 4.40. The second-order valence-electron chi connectivity index (χ2n) is 6.65. The Balaban J connectivity index is 1.34. The summed E-state index contributed by atoms with van der Waals surface area (Å²) in [5, 5.41) is 15.0. The van der Waals surface area contributed by atoms with Gasteiger partial charge in [0, 0.05) is 18.7 Å². The minimum absolute atomic E-state index is 0.739. The molecule has 2 aromatic heterocycles. The molecule has 27 heavy (non-hydrogen) atoms. The van der Waals surface area contributed by atoms with Crippen LogP contribution >= 0.6 is 0 Å². The van der Waals surface area contributed by atoms with Gasteiger partial charge >= 0.3 is 0 Å². The van der Waals surface area contributed by atoms with Crippen LogP contribution in [0.5, 0.6) is 0 Å². The predicted octanol–water partition coefficient (Wildman–Crippen LogP) is 3.31. The fourth-order valence-electron chi connectivity index (χ4n) is 3.02. The molecule has 0 saturated heterocycles. The first-order chi connectivity index (χ1) is 13.3. The fraction of sp³-hybridized carbons (Fsp3) is 0.190. The SMILES string of the molecule is Cc1ccc(-c2[nH]ncc2CNCc2ccc(Cn3cncn3)cc2)cc1. The van der Waals surface area contributed by atoms with Crippen molar-refractivity contribution in [2.24, 2.45) is 0 Å². The van der Waals surface area contributed by atoms with Gasteiger partial charge in [-0.25, -0.2) is 9.67 Å². The van der Waals surface area contributed by atoms with E-state index < -0.39 is 0 Å². The lowest BCUT2D eigenvalue weighted by atomic mass is 10.1. The average molecular weight is 358 g/mol. The number of rotatable bonds is 7. The summed E-state index contributed by atoms with van der Waals surface area (Å²) in [6.07, 6.45) is 5.18.